The first-order chi connectivity index (χ1) is 9.20. The average molecular weight is 299 g/mol. The highest BCUT2D eigenvalue weighted by molar-refractivity contribution is 7.99. The molecule has 1 aliphatic rings. The first-order valence-electron chi connectivity index (χ1n) is 6.64. The van der Waals surface area contributed by atoms with Crippen molar-refractivity contribution in [2.75, 3.05) is 24.2 Å². The number of amides is 1. The summed E-state index contributed by atoms with van der Waals surface area (Å²) in [5.74, 6) is 1.12. The van der Waals surface area contributed by atoms with E-state index in [1.54, 1.807) is 11.8 Å². The van der Waals surface area contributed by atoms with Crippen LogP contribution < -0.4 is 10.6 Å². The molecule has 0 radical (unpaired) electrons. The molecule has 104 valence electrons. The first-order valence-corrected chi connectivity index (χ1v) is 8.01. The van der Waals surface area contributed by atoms with E-state index in [4.69, 9.17) is 11.6 Å². The molecule has 2 N–H and O–H groups in total. The lowest BCUT2D eigenvalue weighted by molar-refractivity contribution is -0.120. The minimum atomic E-state index is 0.0622. The Labute approximate surface area is 123 Å². The minimum Gasteiger partial charge on any atom is -0.325 e. The van der Waals surface area contributed by atoms with E-state index in [2.05, 4.69) is 17.6 Å². The molecule has 1 aliphatic heterocycles. The van der Waals surface area contributed by atoms with E-state index in [0.29, 0.717) is 5.02 Å². The summed E-state index contributed by atoms with van der Waals surface area (Å²) in [5, 5.41) is 6.93. The smallest absolute Gasteiger partial charge is 0.228 e. The molecule has 0 aromatic heterocycles. The molecule has 1 heterocycles. The molecule has 1 atom stereocenters. The van der Waals surface area contributed by atoms with Gasteiger partial charge in [-0.2, -0.15) is 0 Å². The second-order valence-corrected chi connectivity index (χ2v) is 6.35. The Morgan fingerprint density at radius 2 is 2.42 bits per heavy atom. The first kappa shape index (κ1) is 14.7. The molecule has 0 aliphatic carbocycles. The maximum Gasteiger partial charge on any atom is 0.228 e. The standard InChI is InChI=1S/C14H19ClN2OS/c1-2-19-13-6-5-11(15)8-12(13)17-14(18)10-4-3-7-16-9-10/h5-6,8,10,16H,2-4,7,9H2,1H3,(H,17,18). The van der Waals surface area contributed by atoms with E-state index in [1.807, 2.05) is 18.2 Å². The van der Waals surface area contributed by atoms with E-state index in [-0.39, 0.29) is 11.8 Å². The van der Waals surface area contributed by atoms with Gasteiger partial charge < -0.3 is 10.6 Å². The van der Waals surface area contributed by atoms with Crippen molar-refractivity contribution in [1.29, 1.82) is 0 Å². The topological polar surface area (TPSA) is 41.1 Å². The van der Waals surface area contributed by atoms with Gasteiger partial charge in [0.15, 0.2) is 0 Å². The van der Waals surface area contributed by atoms with Gasteiger partial charge >= 0.3 is 0 Å². The highest BCUT2D eigenvalue weighted by atomic mass is 35.5. The van der Waals surface area contributed by atoms with Gasteiger partial charge in [-0.15, -0.1) is 11.8 Å². The summed E-state index contributed by atoms with van der Waals surface area (Å²) in [7, 11) is 0. The number of piperidine rings is 1. The molecule has 19 heavy (non-hydrogen) atoms. The van der Waals surface area contributed by atoms with Crippen molar-refractivity contribution in [2.45, 2.75) is 24.7 Å². The van der Waals surface area contributed by atoms with Crippen LogP contribution in [0.2, 0.25) is 5.02 Å². The fraction of sp³-hybridized carbons (Fsp3) is 0.500. The van der Waals surface area contributed by atoms with E-state index in [9.17, 15) is 4.79 Å². The molecular formula is C14H19ClN2OS. The molecule has 1 amide bonds. The fourth-order valence-corrected chi connectivity index (χ4v) is 3.10. The lowest BCUT2D eigenvalue weighted by Gasteiger charge is -2.22. The van der Waals surface area contributed by atoms with Crippen LogP contribution in [-0.2, 0) is 4.79 Å². The van der Waals surface area contributed by atoms with Crippen molar-refractivity contribution in [3.05, 3.63) is 23.2 Å². The molecule has 1 aromatic rings. The van der Waals surface area contributed by atoms with E-state index < -0.39 is 0 Å². The Hall–Kier alpha value is -0.710. The van der Waals surface area contributed by atoms with Crippen LogP contribution in [0.4, 0.5) is 5.69 Å². The lowest BCUT2D eigenvalue weighted by Crippen LogP contribution is -2.37. The highest BCUT2D eigenvalue weighted by Crippen LogP contribution is 2.30. The van der Waals surface area contributed by atoms with Gasteiger partial charge in [0.1, 0.15) is 0 Å². The minimum absolute atomic E-state index is 0.0622. The van der Waals surface area contributed by atoms with Crippen molar-refractivity contribution < 1.29 is 4.79 Å². The van der Waals surface area contributed by atoms with Gasteiger partial charge in [-0.3, -0.25) is 4.79 Å². The molecule has 5 heteroatoms. The van der Waals surface area contributed by atoms with Crippen LogP contribution >= 0.6 is 23.4 Å². The Morgan fingerprint density at radius 3 is 3.11 bits per heavy atom. The Balaban J connectivity index is 2.08. The second kappa shape index (κ2) is 7.17. The normalized spacial score (nSPS) is 19.2. The third kappa shape index (κ3) is 4.13. The summed E-state index contributed by atoms with van der Waals surface area (Å²) >= 11 is 7.72. The molecule has 2 rings (SSSR count). The molecule has 1 aromatic carbocycles. The molecule has 0 bridgehead atoms. The molecule has 0 spiro atoms. The maximum absolute atomic E-state index is 12.2. The van der Waals surface area contributed by atoms with Crippen LogP contribution in [0.15, 0.2) is 23.1 Å². The SMILES string of the molecule is CCSc1ccc(Cl)cc1NC(=O)C1CCCNC1. The summed E-state index contributed by atoms with van der Waals surface area (Å²) in [6, 6.07) is 5.65. The predicted octanol–water partition coefficient (Wildman–Crippen LogP) is 3.39. The van der Waals surface area contributed by atoms with Gasteiger partial charge in [0.05, 0.1) is 11.6 Å². The van der Waals surface area contributed by atoms with Gasteiger partial charge in [0, 0.05) is 16.5 Å². The van der Waals surface area contributed by atoms with E-state index in [1.165, 1.54) is 0 Å². The van der Waals surface area contributed by atoms with Gasteiger partial charge in [0.25, 0.3) is 0 Å². The van der Waals surface area contributed by atoms with Gasteiger partial charge in [-0.25, -0.2) is 0 Å². The van der Waals surface area contributed by atoms with Gasteiger partial charge in [0.2, 0.25) is 5.91 Å². The summed E-state index contributed by atoms with van der Waals surface area (Å²) in [5.41, 5.74) is 0.829. The van der Waals surface area contributed by atoms with Crippen molar-refractivity contribution >= 4 is 35.0 Å². The summed E-state index contributed by atoms with van der Waals surface area (Å²) in [6.07, 6.45) is 2.01. The predicted molar refractivity (Wildman–Crippen MR) is 82.1 cm³/mol. The Morgan fingerprint density at radius 1 is 1.58 bits per heavy atom. The summed E-state index contributed by atoms with van der Waals surface area (Å²) < 4.78 is 0. The third-order valence-corrected chi connectivity index (χ3v) is 4.36. The van der Waals surface area contributed by atoms with Crippen molar-refractivity contribution in [2.24, 2.45) is 5.92 Å². The number of hydrogen-bond acceptors (Lipinski definition) is 3. The zero-order valence-corrected chi connectivity index (χ0v) is 12.6. The molecule has 3 nitrogen and oxygen atoms in total. The molecule has 0 saturated carbocycles. The molecular weight excluding hydrogens is 280 g/mol. The lowest BCUT2D eigenvalue weighted by atomic mass is 9.99. The van der Waals surface area contributed by atoms with E-state index >= 15 is 0 Å². The number of carbonyl (C=O) groups excluding carboxylic acids is 1. The molecule has 1 saturated heterocycles. The largest absolute Gasteiger partial charge is 0.325 e. The van der Waals surface area contributed by atoms with Crippen LogP contribution in [-0.4, -0.2) is 24.7 Å². The average Bonchev–Trinajstić information content (AvgIpc) is 2.43. The number of thioether (sulfide) groups is 1. The highest BCUT2D eigenvalue weighted by Gasteiger charge is 2.21. The van der Waals surface area contributed by atoms with Crippen LogP contribution in [0.5, 0.6) is 0 Å². The van der Waals surface area contributed by atoms with E-state index in [0.717, 1.165) is 42.3 Å². The zero-order chi connectivity index (χ0) is 13.7. The summed E-state index contributed by atoms with van der Waals surface area (Å²) in [4.78, 5) is 13.3. The second-order valence-electron chi connectivity index (χ2n) is 4.61. The number of benzene rings is 1. The third-order valence-electron chi connectivity index (χ3n) is 3.17. The van der Waals surface area contributed by atoms with Crippen molar-refractivity contribution in [3.8, 4) is 0 Å². The zero-order valence-electron chi connectivity index (χ0n) is 11.0. The number of halogens is 1. The number of rotatable bonds is 4. The van der Waals surface area contributed by atoms with Crippen LogP contribution in [0, 0.1) is 5.92 Å². The molecule has 1 unspecified atom stereocenters. The van der Waals surface area contributed by atoms with Crippen molar-refractivity contribution in [1.82, 2.24) is 5.32 Å². The van der Waals surface area contributed by atoms with Crippen LogP contribution in [0.25, 0.3) is 0 Å². The summed E-state index contributed by atoms with van der Waals surface area (Å²) in [6.45, 7) is 3.87. The number of nitrogens with one attached hydrogen (secondary N) is 2. The van der Waals surface area contributed by atoms with Gasteiger partial charge in [-0.05, 0) is 43.3 Å². The number of hydrogen-bond donors (Lipinski definition) is 2. The van der Waals surface area contributed by atoms with Crippen LogP contribution in [0.3, 0.4) is 0 Å². The number of anilines is 1. The quantitative estimate of drug-likeness (QED) is 0.837. The molecule has 1 fully saturated rings. The monoisotopic (exact) mass is 298 g/mol. The van der Waals surface area contributed by atoms with Gasteiger partial charge in [-0.1, -0.05) is 18.5 Å². The number of carbonyl (C=O) groups is 1. The Bertz CT molecular complexity index is 447. The fourth-order valence-electron chi connectivity index (χ4n) is 2.19. The Kier molecular flexibility index (Phi) is 5.55. The van der Waals surface area contributed by atoms with Crippen molar-refractivity contribution in [3.63, 3.8) is 0 Å². The van der Waals surface area contributed by atoms with Crippen LogP contribution in [0.1, 0.15) is 19.8 Å². The maximum atomic E-state index is 12.2.